The molecule has 136 valence electrons. The Balaban J connectivity index is 1.83. The summed E-state index contributed by atoms with van der Waals surface area (Å²) in [6.45, 7) is 6.24. The van der Waals surface area contributed by atoms with E-state index in [2.05, 4.69) is 28.8 Å². The third-order valence-corrected chi connectivity index (χ3v) is 5.42. The molecular weight excluding hydrogens is 350 g/mol. The fourth-order valence-electron chi connectivity index (χ4n) is 2.72. The molecule has 0 aliphatic rings. The van der Waals surface area contributed by atoms with Crippen LogP contribution < -0.4 is 5.56 Å². The summed E-state index contributed by atoms with van der Waals surface area (Å²) in [6.07, 6.45) is 3.45. The van der Waals surface area contributed by atoms with Crippen LogP contribution in [0.5, 0.6) is 0 Å². The van der Waals surface area contributed by atoms with Crippen molar-refractivity contribution in [2.75, 3.05) is 0 Å². The summed E-state index contributed by atoms with van der Waals surface area (Å²) in [5.74, 6) is 0.293. The number of nitrogens with one attached hydrogen (secondary N) is 1. The lowest BCUT2D eigenvalue weighted by Crippen LogP contribution is -2.15. The van der Waals surface area contributed by atoms with Crippen LogP contribution in [0.25, 0.3) is 10.2 Å². The number of pyridine rings is 1. The number of thiophene rings is 1. The standard InChI is InChI=1S/C19H21N3O3S/c1-4-11(2)9-13-12(3)26-18-16(13)17(23)21-15(22-18)10-25-19(24)14-7-5-6-8-20-14/h5-8,11H,4,9-10H2,1-3H3,(H,21,22,23)/t11-/m0/s1. The van der Waals surface area contributed by atoms with Crippen LogP contribution in [0, 0.1) is 12.8 Å². The quantitative estimate of drug-likeness (QED) is 0.669. The van der Waals surface area contributed by atoms with Gasteiger partial charge in [-0.15, -0.1) is 11.3 Å². The van der Waals surface area contributed by atoms with Gasteiger partial charge in [-0.1, -0.05) is 26.3 Å². The molecule has 0 aromatic carbocycles. The first-order valence-electron chi connectivity index (χ1n) is 8.59. The molecule has 0 spiro atoms. The van der Waals surface area contributed by atoms with E-state index in [-0.39, 0.29) is 17.9 Å². The lowest BCUT2D eigenvalue weighted by molar-refractivity contribution is 0.0455. The second-order valence-corrected chi connectivity index (χ2v) is 7.54. The number of H-pyrrole nitrogens is 1. The van der Waals surface area contributed by atoms with Crippen molar-refractivity contribution in [1.82, 2.24) is 15.0 Å². The van der Waals surface area contributed by atoms with Gasteiger partial charge in [-0.25, -0.2) is 14.8 Å². The topological polar surface area (TPSA) is 84.9 Å². The van der Waals surface area contributed by atoms with Gasteiger partial charge >= 0.3 is 5.97 Å². The van der Waals surface area contributed by atoms with Crippen molar-refractivity contribution in [1.29, 1.82) is 0 Å². The Morgan fingerprint density at radius 1 is 1.38 bits per heavy atom. The van der Waals surface area contributed by atoms with E-state index >= 15 is 0 Å². The minimum Gasteiger partial charge on any atom is -0.453 e. The molecule has 0 fully saturated rings. The maximum atomic E-state index is 12.6. The number of nitrogens with zero attached hydrogens (tertiary/aromatic N) is 2. The molecule has 1 atom stereocenters. The van der Waals surface area contributed by atoms with Gasteiger partial charge in [-0.05, 0) is 37.0 Å². The van der Waals surface area contributed by atoms with Gasteiger partial charge in [0.1, 0.15) is 23.0 Å². The molecule has 0 bridgehead atoms. The molecule has 3 rings (SSSR count). The molecule has 26 heavy (non-hydrogen) atoms. The van der Waals surface area contributed by atoms with E-state index in [1.807, 2.05) is 6.92 Å². The minimum absolute atomic E-state index is 0.0990. The highest BCUT2D eigenvalue weighted by atomic mass is 32.1. The summed E-state index contributed by atoms with van der Waals surface area (Å²) in [7, 11) is 0. The average molecular weight is 371 g/mol. The molecule has 3 aromatic rings. The van der Waals surface area contributed by atoms with Crippen LogP contribution in [0.2, 0.25) is 0 Å². The molecule has 1 N–H and O–H groups in total. The van der Waals surface area contributed by atoms with Crippen molar-refractivity contribution < 1.29 is 9.53 Å². The lowest BCUT2D eigenvalue weighted by atomic mass is 9.98. The van der Waals surface area contributed by atoms with Crippen LogP contribution in [-0.4, -0.2) is 20.9 Å². The first kappa shape index (κ1) is 18.3. The number of carbonyl (C=O) groups excluding carboxylic acids is 1. The van der Waals surface area contributed by atoms with Gasteiger partial charge in [-0.3, -0.25) is 4.79 Å². The Morgan fingerprint density at radius 2 is 2.19 bits per heavy atom. The molecular formula is C19H21N3O3S. The Bertz CT molecular complexity index is 979. The number of aryl methyl sites for hydroxylation is 1. The van der Waals surface area contributed by atoms with Crippen LogP contribution in [0.1, 0.15) is 47.0 Å². The highest BCUT2D eigenvalue weighted by Gasteiger charge is 2.17. The lowest BCUT2D eigenvalue weighted by Gasteiger charge is -2.08. The summed E-state index contributed by atoms with van der Waals surface area (Å²) < 4.78 is 5.21. The summed E-state index contributed by atoms with van der Waals surface area (Å²) in [4.78, 5) is 37.5. The van der Waals surface area contributed by atoms with Gasteiger partial charge in [-0.2, -0.15) is 0 Å². The van der Waals surface area contributed by atoms with Gasteiger partial charge in [0.15, 0.2) is 0 Å². The van der Waals surface area contributed by atoms with E-state index in [1.54, 1.807) is 18.2 Å². The number of hydrogen-bond acceptors (Lipinski definition) is 6. The van der Waals surface area contributed by atoms with Crippen molar-refractivity contribution in [3.8, 4) is 0 Å². The SMILES string of the molecule is CC[C@H](C)Cc1c(C)sc2nc(COC(=O)c3ccccn3)[nH]c(=O)c12. The number of fused-ring (bicyclic) bond motifs is 1. The number of esters is 1. The van der Waals surface area contributed by atoms with Gasteiger partial charge in [0.05, 0.1) is 5.39 Å². The number of aromatic nitrogens is 3. The van der Waals surface area contributed by atoms with Crippen molar-refractivity contribution in [2.24, 2.45) is 5.92 Å². The second-order valence-electron chi connectivity index (χ2n) is 6.34. The number of rotatable bonds is 6. The largest absolute Gasteiger partial charge is 0.453 e. The average Bonchev–Trinajstić information content (AvgIpc) is 2.96. The first-order chi connectivity index (χ1) is 12.5. The smallest absolute Gasteiger partial charge is 0.357 e. The van der Waals surface area contributed by atoms with E-state index in [0.717, 1.165) is 23.3 Å². The Labute approximate surface area is 155 Å². The summed E-state index contributed by atoms with van der Waals surface area (Å²) in [5, 5.41) is 0.660. The van der Waals surface area contributed by atoms with Crippen LogP contribution >= 0.6 is 11.3 Å². The molecule has 0 unspecified atom stereocenters. The molecule has 7 heteroatoms. The fourth-order valence-corrected chi connectivity index (χ4v) is 3.79. The van der Waals surface area contributed by atoms with E-state index < -0.39 is 5.97 Å². The van der Waals surface area contributed by atoms with E-state index in [9.17, 15) is 9.59 Å². The zero-order valence-corrected chi connectivity index (χ0v) is 15.9. The highest BCUT2D eigenvalue weighted by Crippen LogP contribution is 2.29. The molecule has 3 heterocycles. The van der Waals surface area contributed by atoms with Crippen molar-refractivity contribution in [2.45, 2.75) is 40.2 Å². The Kier molecular flexibility index (Phi) is 5.46. The van der Waals surface area contributed by atoms with Crippen LogP contribution in [-0.2, 0) is 17.8 Å². The summed E-state index contributed by atoms with van der Waals surface area (Å²) >= 11 is 1.51. The predicted molar refractivity (Wildman–Crippen MR) is 101 cm³/mol. The number of ether oxygens (including phenoxy) is 1. The molecule has 3 aromatic heterocycles. The zero-order valence-electron chi connectivity index (χ0n) is 15.0. The van der Waals surface area contributed by atoms with Crippen LogP contribution in [0.15, 0.2) is 29.2 Å². The second kappa shape index (κ2) is 7.78. The van der Waals surface area contributed by atoms with Gasteiger partial charge in [0.2, 0.25) is 0 Å². The number of carbonyl (C=O) groups is 1. The van der Waals surface area contributed by atoms with Gasteiger partial charge < -0.3 is 9.72 Å². The predicted octanol–water partition coefficient (Wildman–Crippen LogP) is 3.63. The molecule has 0 radical (unpaired) electrons. The molecule has 0 amide bonds. The molecule has 0 saturated carbocycles. The fraction of sp³-hybridized carbons (Fsp3) is 0.368. The number of aromatic amines is 1. The van der Waals surface area contributed by atoms with Crippen LogP contribution in [0.4, 0.5) is 0 Å². The molecule has 0 aliphatic heterocycles. The zero-order chi connectivity index (χ0) is 18.7. The highest BCUT2D eigenvalue weighted by molar-refractivity contribution is 7.18. The van der Waals surface area contributed by atoms with Crippen molar-refractivity contribution >= 4 is 27.5 Å². The molecule has 0 aliphatic carbocycles. The monoisotopic (exact) mass is 371 g/mol. The molecule has 0 saturated heterocycles. The van der Waals surface area contributed by atoms with E-state index in [4.69, 9.17) is 4.74 Å². The van der Waals surface area contributed by atoms with Crippen molar-refractivity contribution in [3.63, 3.8) is 0 Å². The summed E-state index contributed by atoms with van der Waals surface area (Å²) in [6, 6.07) is 5.01. The Morgan fingerprint density at radius 3 is 2.88 bits per heavy atom. The molecule has 6 nitrogen and oxygen atoms in total. The third-order valence-electron chi connectivity index (χ3n) is 4.38. The van der Waals surface area contributed by atoms with Crippen LogP contribution in [0.3, 0.4) is 0 Å². The van der Waals surface area contributed by atoms with Gasteiger partial charge in [0.25, 0.3) is 5.56 Å². The first-order valence-corrected chi connectivity index (χ1v) is 9.40. The van der Waals surface area contributed by atoms with E-state index in [1.165, 1.54) is 17.5 Å². The maximum Gasteiger partial charge on any atom is 0.357 e. The normalized spacial score (nSPS) is 12.3. The van der Waals surface area contributed by atoms with Crippen molar-refractivity contribution in [3.05, 3.63) is 56.7 Å². The summed E-state index contributed by atoms with van der Waals surface area (Å²) in [5.41, 5.74) is 1.12. The maximum absolute atomic E-state index is 12.6. The van der Waals surface area contributed by atoms with Gasteiger partial charge in [0, 0.05) is 11.1 Å². The Hall–Kier alpha value is -2.54. The number of hydrogen-bond donors (Lipinski definition) is 1. The third kappa shape index (κ3) is 3.83. The van der Waals surface area contributed by atoms with E-state index in [0.29, 0.717) is 22.0 Å². The minimum atomic E-state index is -0.548.